The Bertz CT molecular complexity index is 1820. The molecule has 4 aliphatic rings. The number of rotatable bonds is 11. The van der Waals surface area contributed by atoms with Gasteiger partial charge in [-0.25, -0.2) is 4.79 Å². The summed E-state index contributed by atoms with van der Waals surface area (Å²) in [6.45, 7) is 10.2. The number of anilines is 1. The highest BCUT2D eigenvalue weighted by atomic mass is 35.5. The molecule has 0 N–H and O–H groups in total. The number of piperidine rings is 1. The van der Waals surface area contributed by atoms with Gasteiger partial charge in [0, 0.05) is 55.5 Å². The number of methoxy groups -OCH3 is 1. The minimum Gasteiger partial charge on any atom is -0.485 e. The molecule has 0 radical (unpaired) electrons. The third-order valence-corrected chi connectivity index (χ3v) is 12.3. The molecule has 7 rings (SSSR count). The van der Waals surface area contributed by atoms with Gasteiger partial charge < -0.3 is 28.9 Å². The first kappa shape index (κ1) is 39.1. The van der Waals surface area contributed by atoms with Gasteiger partial charge in [0.2, 0.25) is 5.91 Å². The second kappa shape index (κ2) is 16.1. The van der Waals surface area contributed by atoms with E-state index < -0.39 is 11.5 Å². The molecule has 0 spiro atoms. The van der Waals surface area contributed by atoms with E-state index in [1.165, 1.54) is 0 Å². The van der Waals surface area contributed by atoms with Crippen LogP contribution in [0.25, 0.3) is 0 Å². The minimum atomic E-state index is -0.633. The molecule has 8 nitrogen and oxygen atoms in total. The van der Waals surface area contributed by atoms with Crippen molar-refractivity contribution in [2.24, 2.45) is 5.92 Å². The van der Waals surface area contributed by atoms with Crippen LogP contribution in [0.15, 0.2) is 54.6 Å². The normalized spacial score (nSPS) is 23.8. The molecule has 290 valence electrons. The number of carbonyl (C=O) groups excluding carboxylic acids is 2. The Morgan fingerprint density at radius 1 is 0.907 bits per heavy atom. The van der Waals surface area contributed by atoms with Crippen LogP contribution in [0.5, 0.6) is 5.75 Å². The third kappa shape index (κ3) is 8.62. The van der Waals surface area contributed by atoms with Crippen LogP contribution in [0.1, 0.15) is 87.5 Å². The number of ether oxygens (including phenoxy) is 3. The maximum absolute atomic E-state index is 15.1. The van der Waals surface area contributed by atoms with Crippen LogP contribution >= 0.6 is 34.8 Å². The van der Waals surface area contributed by atoms with Crippen molar-refractivity contribution in [3.8, 4) is 5.75 Å². The summed E-state index contributed by atoms with van der Waals surface area (Å²) in [6, 6.07) is 18.4. The Morgan fingerprint density at radius 2 is 1.63 bits per heavy atom. The fourth-order valence-corrected chi connectivity index (χ4v) is 9.58. The molecule has 2 amide bonds. The molecule has 1 saturated carbocycles. The van der Waals surface area contributed by atoms with E-state index in [0.717, 1.165) is 73.0 Å². The number of hydrogen-bond acceptors (Lipinski definition) is 6. The molecule has 3 heterocycles. The SMILES string of the molecule is COCCc1ccc(Cl)c(CN(C(=O)[C@@H]2[C@@H](c3ccc(N4CCC(Oc5c(Cl)cc(C)cc5Cl)C4)cc3)C[C@@H]3CC[C@H]2N3C(=O)OC(C)(C)C)C2CC2)c1. The first-order valence-electron chi connectivity index (χ1n) is 19.3. The predicted octanol–water partition coefficient (Wildman–Crippen LogP) is 9.86. The monoisotopic (exact) mass is 795 g/mol. The van der Waals surface area contributed by atoms with Crippen LogP contribution in [0.3, 0.4) is 0 Å². The molecule has 4 fully saturated rings. The van der Waals surface area contributed by atoms with Crippen LogP contribution in [0, 0.1) is 12.8 Å². The van der Waals surface area contributed by atoms with Crippen molar-refractivity contribution < 1.29 is 23.8 Å². The lowest BCUT2D eigenvalue weighted by Crippen LogP contribution is -2.56. The highest BCUT2D eigenvalue weighted by Gasteiger charge is 2.55. The molecular formula is C43H52Cl3N3O5. The molecule has 5 atom stereocenters. The number of benzene rings is 3. The van der Waals surface area contributed by atoms with Crippen LogP contribution in [0.2, 0.25) is 15.1 Å². The number of hydrogen-bond donors (Lipinski definition) is 0. The van der Waals surface area contributed by atoms with Gasteiger partial charge in [0.15, 0.2) is 5.75 Å². The molecule has 0 aromatic heterocycles. The lowest BCUT2D eigenvalue weighted by Gasteiger charge is -2.45. The second-order valence-electron chi connectivity index (χ2n) is 16.5. The Hall–Kier alpha value is -3.17. The van der Waals surface area contributed by atoms with Gasteiger partial charge in [-0.2, -0.15) is 0 Å². The van der Waals surface area contributed by atoms with Gasteiger partial charge in [0.25, 0.3) is 0 Å². The summed E-state index contributed by atoms with van der Waals surface area (Å²) >= 11 is 19.8. The van der Waals surface area contributed by atoms with E-state index in [1.807, 2.05) is 56.9 Å². The van der Waals surface area contributed by atoms with Crippen molar-refractivity contribution >= 4 is 52.5 Å². The van der Waals surface area contributed by atoms with Crippen molar-refractivity contribution in [2.75, 3.05) is 31.7 Å². The fourth-order valence-electron chi connectivity index (χ4n) is 8.71. The topological polar surface area (TPSA) is 71.6 Å². The second-order valence-corrected chi connectivity index (χ2v) is 17.8. The largest absolute Gasteiger partial charge is 0.485 e. The first-order chi connectivity index (χ1) is 25.8. The summed E-state index contributed by atoms with van der Waals surface area (Å²) in [5, 5.41) is 1.70. The summed E-state index contributed by atoms with van der Waals surface area (Å²) in [5.41, 5.74) is 4.65. The third-order valence-electron chi connectivity index (χ3n) is 11.4. The van der Waals surface area contributed by atoms with Gasteiger partial charge in [0.1, 0.15) is 11.7 Å². The molecular weight excluding hydrogens is 745 g/mol. The van der Waals surface area contributed by atoms with E-state index in [1.54, 1.807) is 7.11 Å². The number of nitrogens with zero attached hydrogens (tertiary/aromatic N) is 3. The molecule has 3 saturated heterocycles. The van der Waals surface area contributed by atoms with Gasteiger partial charge in [-0.3, -0.25) is 4.79 Å². The van der Waals surface area contributed by atoms with E-state index in [-0.39, 0.29) is 42.1 Å². The molecule has 3 aliphatic heterocycles. The highest BCUT2D eigenvalue weighted by Crippen LogP contribution is 2.49. The van der Waals surface area contributed by atoms with Gasteiger partial charge in [-0.1, -0.05) is 59.1 Å². The van der Waals surface area contributed by atoms with Crippen LogP contribution in [-0.2, 0) is 27.2 Å². The Morgan fingerprint density at radius 3 is 2.30 bits per heavy atom. The van der Waals surface area contributed by atoms with E-state index in [4.69, 9.17) is 49.0 Å². The fraction of sp³-hybridized carbons (Fsp3) is 0.535. The minimum absolute atomic E-state index is 0.0109. The maximum Gasteiger partial charge on any atom is 0.410 e. The Kier molecular flexibility index (Phi) is 11.7. The first-order valence-corrected chi connectivity index (χ1v) is 20.5. The Balaban J connectivity index is 1.14. The molecule has 2 bridgehead atoms. The summed E-state index contributed by atoms with van der Waals surface area (Å²) in [7, 11) is 1.70. The summed E-state index contributed by atoms with van der Waals surface area (Å²) in [4.78, 5) is 35.2. The van der Waals surface area contributed by atoms with Crippen molar-refractivity contribution in [3.63, 3.8) is 0 Å². The van der Waals surface area contributed by atoms with Crippen molar-refractivity contribution in [3.05, 3.63) is 91.9 Å². The average Bonchev–Trinajstić information content (AvgIpc) is 3.77. The number of fused-ring (bicyclic) bond motifs is 2. The summed E-state index contributed by atoms with van der Waals surface area (Å²) in [5.74, 6) is 0.173. The molecule has 3 aromatic rings. The number of carbonyl (C=O) groups is 2. The quantitative estimate of drug-likeness (QED) is 0.193. The molecule has 3 aromatic carbocycles. The molecule has 1 aliphatic carbocycles. The number of halogens is 3. The summed E-state index contributed by atoms with van der Waals surface area (Å²) < 4.78 is 17.6. The van der Waals surface area contributed by atoms with Crippen molar-refractivity contribution in [1.82, 2.24) is 9.80 Å². The predicted molar refractivity (Wildman–Crippen MR) is 215 cm³/mol. The zero-order valence-electron chi connectivity index (χ0n) is 32.0. The highest BCUT2D eigenvalue weighted by molar-refractivity contribution is 6.37. The molecule has 1 unspecified atom stereocenters. The lowest BCUT2D eigenvalue weighted by atomic mass is 9.75. The van der Waals surface area contributed by atoms with Crippen LogP contribution < -0.4 is 9.64 Å². The molecule has 11 heteroatoms. The molecule has 54 heavy (non-hydrogen) atoms. The van der Waals surface area contributed by atoms with Gasteiger partial charge >= 0.3 is 6.09 Å². The van der Waals surface area contributed by atoms with E-state index >= 15 is 4.79 Å². The van der Waals surface area contributed by atoms with Crippen molar-refractivity contribution in [1.29, 1.82) is 0 Å². The van der Waals surface area contributed by atoms with Crippen LogP contribution in [0.4, 0.5) is 10.5 Å². The Labute approximate surface area is 334 Å². The lowest BCUT2D eigenvalue weighted by molar-refractivity contribution is -0.141. The van der Waals surface area contributed by atoms with Gasteiger partial charge in [0.05, 0.1) is 29.1 Å². The van der Waals surface area contributed by atoms with E-state index in [9.17, 15) is 4.79 Å². The standard InChI is InChI=1S/C43H52Cl3N3O5/c1-26-20-36(45)40(37(46)21-26)53-33-16-18-47(25-33)30-9-7-28(8-10-30)34-23-32-13-15-38(49(32)42(51)54-43(2,3)4)39(34)41(50)48(31-11-12-31)24-29-22-27(17-19-52-5)6-14-35(29)44/h6-10,14,20-22,31-34,38-39H,11-13,15-19,23-25H2,1-5H3/t32-,33?,34+,38+,39+/m0/s1. The maximum atomic E-state index is 15.1. The zero-order chi connectivity index (χ0) is 38.3. The van der Waals surface area contributed by atoms with E-state index in [0.29, 0.717) is 46.9 Å². The average molecular weight is 797 g/mol. The van der Waals surface area contributed by atoms with Gasteiger partial charge in [-0.15, -0.1) is 0 Å². The zero-order valence-corrected chi connectivity index (χ0v) is 34.2. The smallest absolute Gasteiger partial charge is 0.410 e. The van der Waals surface area contributed by atoms with E-state index in [2.05, 4.69) is 40.1 Å². The summed E-state index contributed by atoms with van der Waals surface area (Å²) in [6.07, 6.45) is 5.50. The van der Waals surface area contributed by atoms with Crippen molar-refractivity contribution in [2.45, 2.75) is 115 Å². The van der Waals surface area contributed by atoms with Crippen LogP contribution in [-0.4, -0.2) is 78.4 Å². The number of amides is 2. The number of aryl methyl sites for hydroxylation is 1. The van der Waals surface area contributed by atoms with Gasteiger partial charge in [-0.05, 0) is 125 Å².